The van der Waals surface area contributed by atoms with Crippen molar-refractivity contribution in [3.63, 3.8) is 0 Å². The zero-order valence-corrected chi connectivity index (χ0v) is 15.2. The van der Waals surface area contributed by atoms with Crippen molar-refractivity contribution in [2.24, 2.45) is 11.8 Å². The summed E-state index contributed by atoms with van der Waals surface area (Å²) in [5.74, 6) is 0.969. The summed E-state index contributed by atoms with van der Waals surface area (Å²) in [6, 6.07) is 4.90. The van der Waals surface area contributed by atoms with Crippen molar-refractivity contribution >= 4 is 11.9 Å². The molecule has 6 nitrogen and oxygen atoms in total. The Hall–Kier alpha value is -2.24. The Balaban J connectivity index is 2.09. The highest BCUT2D eigenvalue weighted by Crippen LogP contribution is 2.30. The number of rotatable bonds is 7. The van der Waals surface area contributed by atoms with Crippen molar-refractivity contribution in [3.05, 3.63) is 23.8 Å². The van der Waals surface area contributed by atoms with Crippen LogP contribution in [-0.4, -0.2) is 48.2 Å². The molecule has 0 aliphatic carbocycles. The van der Waals surface area contributed by atoms with Crippen molar-refractivity contribution in [1.29, 1.82) is 0 Å². The van der Waals surface area contributed by atoms with Crippen molar-refractivity contribution in [2.75, 3.05) is 26.3 Å². The summed E-state index contributed by atoms with van der Waals surface area (Å²) in [7, 11) is 0. The van der Waals surface area contributed by atoms with E-state index in [9.17, 15) is 9.59 Å². The van der Waals surface area contributed by atoms with Gasteiger partial charge in [0.05, 0.1) is 6.61 Å². The Kier molecular flexibility index (Phi) is 6.67. The minimum atomic E-state index is -1.06. The molecule has 0 saturated carbocycles. The van der Waals surface area contributed by atoms with Gasteiger partial charge < -0.3 is 19.5 Å². The molecular weight excluding hydrogens is 322 g/mol. The molecule has 0 spiro atoms. The number of piperidine rings is 1. The summed E-state index contributed by atoms with van der Waals surface area (Å²) >= 11 is 0. The highest BCUT2D eigenvalue weighted by atomic mass is 16.5. The fourth-order valence-electron chi connectivity index (χ4n) is 3.12. The summed E-state index contributed by atoms with van der Waals surface area (Å²) in [6.07, 6.45) is 2.06. The predicted molar refractivity (Wildman–Crippen MR) is 94.2 cm³/mol. The van der Waals surface area contributed by atoms with E-state index < -0.39 is 12.6 Å². The Morgan fingerprint density at radius 2 is 1.88 bits per heavy atom. The number of hydrogen-bond donors (Lipinski definition) is 1. The molecule has 0 unspecified atom stereocenters. The van der Waals surface area contributed by atoms with Crippen LogP contribution in [0.5, 0.6) is 11.5 Å². The number of hydrogen-bond acceptors (Lipinski definition) is 4. The van der Waals surface area contributed by atoms with E-state index in [1.807, 2.05) is 11.8 Å². The largest absolute Gasteiger partial charge is 0.490 e. The smallest absolute Gasteiger partial charge is 0.341 e. The number of likely N-dealkylation sites (tertiary alicyclic amines) is 1. The van der Waals surface area contributed by atoms with Crippen LogP contribution < -0.4 is 9.47 Å². The highest BCUT2D eigenvalue weighted by Gasteiger charge is 2.25. The first kappa shape index (κ1) is 19.1. The summed E-state index contributed by atoms with van der Waals surface area (Å²) in [5, 5.41) is 8.74. The number of carbonyl (C=O) groups is 2. The molecule has 1 N–H and O–H groups in total. The van der Waals surface area contributed by atoms with Gasteiger partial charge in [-0.05, 0) is 49.8 Å². The topological polar surface area (TPSA) is 76.1 Å². The molecule has 0 aromatic heterocycles. The van der Waals surface area contributed by atoms with E-state index in [2.05, 4.69) is 13.8 Å². The Bertz CT molecular complexity index is 606. The van der Waals surface area contributed by atoms with Crippen molar-refractivity contribution in [1.82, 2.24) is 4.90 Å². The average Bonchev–Trinajstić information content (AvgIpc) is 2.60. The molecule has 1 amide bonds. The molecule has 6 heteroatoms. The first-order chi connectivity index (χ1) is 11.9. The van der Waals surface area contributed by atoms with Crippen LogP contribution in [0.25, 0.3) is 0 Å². The predicted octanol–water partition coefficient (Wildman–Crippen LogP) is 3.06. The number of aliphatic carboxylic acids is 1. The van der Waals surface area contributed by atoms with Gasteiger partial charge in [0, 0.05) is 18.7 Å². The molecule has 1 saturated heterocycles. The molecule has 0 radical (unpaired) electrons. The average molecular weight is 349 g/mol. The Labute approximate surface area is 148 Å². The molecule has 1 aromatic carbocycles. The number of carbonyl (C=O) groups excluding carboxylic acids is 1. The Morgan fingerprint density at radius 1 is 1.20 bits per heavy atom. The second-order valence-electron chi connectivity index (χ2n) is 6.65. The van der Waals surface area contributed by atoms with Gasteiger partial charge in [-0.1, -0.05) is 13.8 Å². The van der Waals surface area contributed by atoms with Crippen LogP contribution in [0, 0.1) is 11.8 Å². The van der Waals surface area contributed by atoms with E-state index in [1.54, 1.807) is 18.2 Å². The maximum Gasteiger partial charge on any atom is 0.341 e. The van der Waals surface area contributed by atoms with Gasteiger partial charge in [0.25, 0.3) is 5.91 Å². The maximum absolute atomic E-state index is 12.7. The van der Waals surface area contributed by atoms with E-state index in [0.717, 1.165) is 25.9 Å². The van der Waals surface area contributed by atoms with Gasteiger partial charge >= 0.3 is 5.97 Å². The zero-order valence-electron chi connectivity index (χ0n) is 15.2. The lowest BCUT2D eigenvalue weighted by Gasteiger charge is -2.34. The number of benzene rings is 1. The van der Waals surface area contributed by atoms with E-state index in [0.29, 0.717) is 35.5 Å². The van der Waals surface area contributed by atoms with E-state index >= 15 is 0 Å². The number of nitrogens with zero attached hydrogens (tertiary/aromatic N) is 1. The molecule has 0 bridgehead atoms. The third-order valence-corrected chi connectivity index (χ3v) is 4.61. The van der Waals surface area contributed by atoms with Crippen LogP contribution >= 0.6 is 0 Å². The number of ether oxygens (including phenoxy) is 2. The molecule has 1 heterocycles. The van der Waals surface area contributed by atoms with E-state index in [-0.39, 0.29) is 5.91 Å². The SMILES string of the molecule is CCOc1cc(C(=O)N2CCC(C(C)C)CC2)ccc1OCC(=O)O. The third kappa shape index (κ3) is 5.11. The lowest BCUT2D eigenvalue weighted by atomic mass is 9.86. The standard InChI is InChI=1S/C19H27NO5/c1-4-24-17-11-15(5-6-16(17)25-12-18(21)22)19(23)20-9-7-14(8-10-20)13(2)3/h5-6,11,13-14H,4,7-10,12H2,1-3H3,(H,21,22). The second-order valence-corrected chi connectivity index (χ2v) is 6.65. The molecule has 1 fully saturated rings. The molecule has 2 rings (SSSR count). The maximum atomic E-state index is 12.7. The van der Waals surface area contributed by atoms with Crippen molar-refractivity contribution in [3.8, 4) is 11.5 Å². The van der Waals surface area contributed by atoms with Crippen LogP contribution in [0.3, 0.4) is 0 Å². The first-order valence-corrected chi connectivity index (χ1v) is 8.83. The monoisotopic (exact) mass is 349 g/mol. The molecule has 25 heavy (non-hydrogen) atoms. The van der Waals surface area contributed by atoms with Crippen LogP contribution in [0.1, 0.15) is 44.0 Å². The Morgan fingerprint density at radius 3 is 2.44 bits per heavy atom. The van der Waals surface area contributed by atoms with Gasteiger partial charge in [0.1, 0.15) is 0 Å². The van der Waals surface area contributed by atoms with Gasteiger partial charge in [0.15, 0.2) is 18.1 Å². The second kappa shape index (κ2) is 8.74. The molecule has 1 aliphatic heterocycles. The van der Waals surface area contributed by atoms with Crippen molar-refractivity contribution < 1.29 is 24.2 Å². The lowest BCUT2D eigenvalue weighted by Crippen LogP contribution is -2.39. The quantitative estimate of drug-likeness (QED) is 0.819. The summed E-state index contributed by atoms with van der Waals surface area (Å²) < 4.78 is 10.7. The normalized spacial score (nSPS) is 15.3. The molecule has 1 aliphatic rings. The lowest BCUT2D eigenvalue weighted by molar-refractivity contribution is -0.139. The zero-order chi connectivity index (χ0) is 18.4. The summed E-state index contributed by atoms with van der Waals surface area (Å²) in [4.78, 5) is 25.3. The summed E-state index contributed by atoms with van der Waals surface area (Å²) in [6.45, 7) is 7.77. The van der Waals surface area contributed by atoms with Gasteiger partial charge in [0.2, 0.25) is 0 Å². The number of amides is 1. The molecular formula is C19H27NO5. The van der Waals surface area contributed by atoms with Gasteiger partial charge in [-0.25, -0.2) is 4.79 Å². The van der Waals surface area contributed by atoms with Crippen molar-refractivity contribution in [2.45, 2.75) is 33.6 Å². The minimum Gasteiger partial charge on any atom is -0.490 e. The first-order valence-electron chi connectivity index (χ1n) is 8.83. The molecule has 138 valence electrons. The fourth-order valence-corrected chi connectivity index (χ4v) is 3.12. The van der Waals surface area contributed by atoms with Gasteiger partial charge in [-0.15, -0.1) is 0 Å². The minimum absolute atomic E-state index is 0.0204. The van der Waals surface area contributed by atoms with Crippen LogP contribution in [0.15, 0.2) is 18.2 Å². The highest BCUT2D eigenvalue weighted by molar-refractivity contribution is 5.95. The summed E-state index contributed by atoms with van der Waals surface area (Å²) in [5.41, 5.74) is 0.536. The number of carboxylic acids is 1. The van der Waals surface area contributed by atoms with Crippen LogP contribution in [-0.2, 0) is 4.79 Å². The molecule has 0 atom stereocenters. The number of carboxylic acid groups (broad SMARTS) is 1. The van der Waals surface area contributed by atoms with Gasteiger partial charge in [-0.3, -0.25) is 4.79 Å². The van der Waals surface area contributed by atoms with E-state index in [1.165, 1.54) is 0 Å². The van der Waals surface area contributed by atoms with Crippen LogP contribution in [0.2, 0.25) is 0 Å². The van der Waals surface area contributed by atoms with Crippen LogP contribution in [0.4, 0.5) is 0 Å². The van der Waals surface area contributed by atoms with Gasteiger partial charge in [-0.2, -0.15) is 0 Å². The fraction of sp³-hybridized carbons (Fsp3) is 0.579. The van der Waals surface area contributed by atoms with E-state index in [4.69, 9.17) is 14.6 Å². The third-order valence-electron chi connectivity index (χ3n) is 4.61. The molecule has 1 aromatic rings.